The molecule has 0 aliphatic carbocycles. The van der Waals surface area contributed by atoms with E-state index < -0.39 is 6.16 Å². The molecule has 2 N–H and O–H groups in total. The summed E-state index contributed by atoms with van der Waals surface area (Å²) >= 11 is 0. The van der Waals surface area contributed by atoms with Gasteiger partial charge in [0.15, 0.2) is 0 Å². The van der Waals surface area contributed by atoms with E-state index in [1.54, 1.807) is 14.0 Å². The van der Waals surface area contributed by atoms with Crippen molar-refractivity contribution in [3.63, 3.8) is 0 Å². The molecule has 1 fully saturated rings. The Morgan fingerprint density at radius 1 is 1.60 bits per heavy atom. The Bertz CT molecular complexity index is 212. The average Bonchev–Trinajstić information content (AvgIpc) is 2.21. The number of hydroxylamine groups is 2. The van der Waals surface area contributed by atoms with E-state index in [2.05, 4.69) is 4.74 Å². The van der Waals surface area contributed by atoms with Crippen molar-refractivity contribution < 1.29 is 19.1 Å². The van der Waals surface area contributed by atoms with E-state index in [-0.39, 0.29) is 12.1 Å². The molecule has 6 nitrogen and oxygen atoms in total. The van der Waals surface area contributed by atoms with Crippen molar-refractivity contribution in [3.8, 4) is 0 Å². The van der Waals surface area contributed by atoms with Crippen LogP contribution in [0.25, 0.3) is 0 Å². The molecule has 1 aliphatic heterocycles. The third-order valence-corrected chi connectivity index (χ3v) is 2.34. The molecular formula is C9H18N2O4. The number of rotatable bonds is 3. The lowest BCUT2D eigenvalue weighted by molar-refractivity contribution is -0.163. The van der Waals surface area contributed by atoms with Gasteiger partial charge in [-0.25, -0.2) is 4.79 Å². The molecule has 1 aliphatic rings. The molecule has 6 heteroatoms. The van der Waals surface area contributed by atoms with Crippen LogP contribution in [-0.4, -0.2) is 50.2 Å². The number of hydrogen-bond acceptors (Lipinski definition) is 6. The molecule has 0 saturated carbocycles. The summed E-state index contributed by atoms with van der Waals surface area (Å²) in [6, 6.07) is -0.00274. The molecule has 15 heavy (non-hydrogen) atoms. The highest BCUT2D eigenvalue weighted by atomic mass is 16.8. The molecule has 0 aromatic rings. The molecule has 0 spiro atoms. The number of nitrogens with two attached hydrogens (primary N) is 1. The van der Waals surface area contributed by atoms with Gasteiger partial charge in [0.1, 0.15) is 0 Å². The first kappa shape index (κ1) is 12.2. The van der Waals surface area contributed by atoms with E-state index in [0.29, 0.717) is 19.7 Å². The van der Waals surface area contributed by atoms with Crippen molar-refractivity contribution in [2.75, 3.05) is 26.8 Å². The topological polar surface area (TPSA) is 74.0 Å². The number of nitrogens with zero attached hydrogens (tertiary/aromatic N) is 1. The predicted molar refractivity (Wildman–Crippen MR) is 53.1 cm³/mol. The first-order valence-corrected chi connectivity index (χ1v) is 5.05. The van der Waals surface area contributed by atoms with Crippen molar-refractivity contribution in [1.29, 1.82) is 0 Å². The van der Waals surface area contributed by atoms with E-state index in [9.17, 15) is 4.79 Å². The Morgan fingerprint density at radius 2 is 2.33 bits per heavy atom. The van der Waals surface area contributed by atoms with Gasteiger partial charge in [-0.05, 0) is 13.3 Å². The largest absolute Gasteiger partial charge is 0.527 e. The maximum absolute atomic E-state index is 11.0. The smallest absolute Gasteiger partial charge is 0.433 e. The second kappa shape index (κ2) is 5.89. The minimum absolute atomic E-state index is 0.00274. The fourth-order valence-corrected chi connectivity index (χ4v) is 1.49. The minimum Gasteiger partial charge on any atom is -0.433 e. The Hall–Kier alpha value is -0.850. The second-order valence-corrected chi connectivity index (χ2v) is 3.39. The van der Waals surface area contributed by atoms with Gasteiger partial charge in [-0.2, -0.15) is 0 Å². The molecule has 0 bridgehead atoms. The van der Waals surface area contributed by atoms with Gasteiger partial charge in [0.05, 0.1) is 19.3 Å². The Labute approximate surface area is 89.2 Å². The zero-order valence-corrected chi connectivity index (χ0v) is 9.14. The third kappa shape index (κ3) is 3.65. The Kier molecular flexibility index (Phi) is 4.80. The Balaban J connectivity index is 2.34. The highest BCUT2D eigenvalue weighted by Gasteiger charge is 2.28. The van der Waals surface area contributed by atoms with Gasteiger partial charge in [-0.1, -0.05) is 0 Å². The van der Waals surface area contributed by atoms with Crippen molar-refractivity contribution in [1.82, 2.24) is 5.06 Å². The number of ether oxygens (including phenoxy) is 2. The molecule has 0 amide bonds. The zero-order valence-electron chi connectivity index (χ0n) is 9.14. The maximum Gasteiger partial charge on any atom is 0.527 e. The summed E-state index contributed by atoms with van der Waals surface area (Å²) in [6.45, 7) is 3.13. The third-order valence-electron chi connectivity index (χ3n) is 2.34. The van der Waals surface area contributed by atoms with Crippen LogP contribution in [0.15, 0.2) is 0 Å². The lowest BCUT2D eigenvalue weighted by Gasteiger charge is -2.33. The van der Waals surface area contributed by atoms with Gasteiger partial charge in [0, 0.05) is 19.7 Å². The summed E-state index contributed by atoms with van der Waals surface area (Å²) in [5.74, 6) is 0. The predicted octanol–water partition coefficient (Wildman–Crippen LogP) is 0.123. The van der Waals surface area contributed by atoms with Gasteiger partial charge in [0.2, 0.25) is 0 Å². The normalized spacial score (nSPS) is 27.4. The van der Waals surface area contributed by atoms with Gasteiger partial charge >= 0.3 is 6.16 Å². The molecule has 0 aromatic carbocycles. The van der Waals surface area contributed by atoms with Gasteiger partial charge < -0.3 is 20.0 Å². The molecular weight excluding hydrogens is 200 g/mol. The molecule has 88 valence electrons. The molecule has 2 unspecified atom stereocenters. The number of carbonyl (C=O) groups excluding carboxylic acids is 1. The van der Waals surface area contributed by atoms with Crippen LogP contribution in [0.3, 0.4) is 0 Å². The first-order chi connectivity index (χ1) is 7.17. The van der Waals surface area contributed by atoms with Crippen molar-refractivity contribution in [3.05, 3.63) is 0 Å². The molecule has 2 atom stereocenters. The molecule has 0 aromatic heterocycles. The lowest BCUT2D eigenvalue weighted by Crippen LogP contribution is -2.51. The van der Waals surface area contributed by atoms with E-state index in [1.807, 2.05) is 0 Å². The summed E-state index contributed by atoms with van der Waals surface area (Å²) in [5, 5.41) is 1.52. The number of piperidine rings is 1. The SMILES string of the molecule is CCOC(=O)ON1CCC(N)C(OC)C1. The number of carbonyl (C=O) groups is 1. The molecule has 0 radical (unpaired) electrons. The molecule has 1 saturated heterocycles. The summed E-state index contributed by atoms with van der Waals surface area (Å²) < 4.78 is 9.84. The van der Waals surface area contributed by atoms with Gasteiger partial charge in [-0.3, -0.25) is 0 Å². The molecule has 1 heterocycles. The number of hydrogen-bond donors (Lipinski definition) is 1. The summed E-state index contributed by atoms with van der Waals surface area (Å²) in [4.78, 5) is 16.0. The van der Waals surface area contributed by atoms with Crippen LogP contribution in [0.5, 0.6) is 0 Å². The van der Waals surface area contributed by atoms with Crippen molar-refractivity contribution >= 4 is 6.16 Å². The summed E-state index contributed by atoms with van der Waals surface area (Å²) in [6.07, 6.45) is -0.0474. The van der Waals surface area contributed by atoms with Crippen LogP contribution in [0.2, 0.25) is 0 Å². The standard InChI is InChI=1S/C9H18N2O4/c1-3-14-9(12)15-11-5-4-7(10)8(6-11)13-2/h7-8H,3-6,10H2,1-2H3. The average molecular weight is 218 g/mol. The summed E-state index contributed by atoms with van der Waals surface area (Å²) in [7, 11) is 1.60. The fraction of sp³-hybridized carbons (Fsp3) is 0.889. The Morgan fingerprint density at radius 3 is 2.93 bits per heavy atom. The molecule has 1 rings (SSSR count). The van der Waals surface area contributed by atoms with E-state index in [4.69, 9.17) is 15.3 Å². The maximum atomic E-state index is 11.0. The van der Waals surface area contributed by atoms with E-state index >= 15 is 0 Å². The van der Waals surface area contributed by atoms with Crippen LogP contribution in [-0.2, 0) is 14.3 Å². The second-order valence-electron chi connectivity index (χ2n) is 3.39. The minimum atomic E-state index is -0.678. The quantitative estimate of drug-likeness (QED) is 0.678. The van der Waals surface area contributed by atoms with Gasteiger partial charge in [0.25, 0.3) is 0 Å². The number of methoxy groups -OCH3 is 1. The van der Waals surface area contributed by atoms with Crippen LogP contribution < -0.4 is 5.73 Å². The van der Waals surface area contributed by atoms with E-state index in [0.717, 1.165) is 6.42 Å². The van der Waals surface area contributed by atoms with Crippen molar-refractivity contribution in [2.45, 2.75) is 25.5 Å². The van der Waals surface area contributed by atoms with Crippen LogP contribution in [0, 0.1) is 0 Å². The van der Waals surface area contributed by atoms with Crippen LogP contribution in [0.4, 0.5) is 4.79 Å². The van der Waals surface area contributed by atoms with Crippen LogP contribution in [0.1, 0.15) is 13.3 Å². The van der Waals surface area contributed by atoms with Crippen LogP contribution >= 0.6 is 0 Å². The summed E-state index contributed by atoms with van der Waals surface area (Å²) in [5.41, 5.74) is 5.82. The lowest BCUT2D eigenvalue weighted by atomic mass is 10.0. The monoisotopic (exact) mass is 218 g/mol. The van der Waals surface area contributed by atoms with Crippen molar-refractivity contribution in [2.24, 2.45) is 5.73 Å². The highest BCUT2D eigenvalue weighted by Crippen LogP contribution is 2.12. The first-order valence-electron chi connectivity index (χ1n) is 5.05. The zero-order chi connectivity index (χ0) is 11.3. The van der Waals surface area contributed by atoms with Gasteiger partial charge in [-0.15, -0.1) is 5.06 Å². The fourth-order valence-electron chi connectivity index (χ4n) is 1.49. The van der Waals surface area contributed by atoms with E-state index in [1.165, 1.54) is 5.06 Å². The highest BCUT2D eigenvalue weighted by molar-refractivity contribution is 5.59.